The van der Waals surface area contributed by atoms with Crippen molar-refractivity contribution in [3.05, 3.63) is 274 Å². The summed E-state index contributed by atoms with van der Waals surface area (Å²) in [7, 11) is -9.68. The topological polar surface area (TPSA) is 75.8 Å². The summed E-state index contributed by atoms with van der Waals surface area (Å²) in [5, 5.41) is 25.3. The average Bonchev–Trinajstić information content (AvgIpc) is 3.34. The fraction of sp³-hybridized carbons (Fsp3) is 0.226. The number of hydrogen-bond donors (Lipinski definition) is 0. The molecule has 8 aromatic carbocycles. The molecule has 0 aliphatic carbocycles. The predicted octanol–water partition coefficient (Wildman–Crippen LogP) is 15.5. The van der Waals surface area contributed by atoms with Crippen LogP contribution in [0.2, 0.25) is 78.6 Å². The van der Waals surface area contributed by atoms with Crippen LogP contribution < -0.4 is 31.1 Å². The van der Waals surface area contributed by atoms with Crippen LogP contribution in [0.1, 0.15) is 11.1 Å². The summed E-state index contributed by atoms with van der Waals surface area (Å²) < 4.78 is 9.64. The summed E-state index contributed by atoms with van der Waals surface area (Å²) in [5.74, 6) is 0. The van der Waals surface area contributed by atoms with Crippen molar-refractivity contribution >= 4 is 80.5 Å². The molecule has 0 heterocycles. The van der Waals surface area contributed by atoms with E-state index in [4.69, 9.17) is 9.30 Å². The van der Waals surface area contributed by atoms with Gasteiger partial charge in [-0.1, -0.05) is 396 Å². The molecule has 0 aliphatic rings. The maximum atomic E-state index is 9.28. The van der Waals surface area contributed by atoms with Crippen LogP contribution in [0.25, 0.3) is 20.1 Å². The van der Waals surface area contributed by atoms with Gasteiger partial charge in [0.2, 0.25) is 0 Å². The minimum atomic E-state index is -2.63. The molecule has 0 atom stereocenters. The van der Waals surface area contributed by atoms with Gasteiger partial charge in [-0.05, 0) is 13.8 Å². The van der Waals surface area contributed by atoms with Gasteiger partial charge in [-0.2, -0.15) is 0 Å². The Morgan fingerprint density at radius 3 is 0.432 bits per heavy atom. The molecule has 0 saturated heterocycles. The molecule has 12 heteroatoms. The van der Waals surface area contributed by atoms with Gasteiger partial charge in [0.05, 0.1) is 0 Å². The van der Waals surface area contributed by atoms with E-state index in [-0.39, 0.29) is 39.0 Å². The molecule has 380 valence electrons. The fourth-order valence-corrected chi connectivity index (χ4v) is 30.5. The Hall–Kier alpha value is -3.85. The minimum absolute atomic E-state index is 0. The van der Waals surface area contributed by atoms with Gasteiger partial charge < -0.3 is 20.1 Å². The Balaban J connectivity index is 0.000000470. The molecule has 8 aromatic rings. The maximum Gasteiger partial charge on any atom is 2.00 e. The Bertz CT molecular complexity index is 2230. The van der Waals surface area contributed by atoms with Gasteiger partial charge in [0, 0.05) is 16.5 Å². The van der Waals surface area contributed by atoms with Gasteiger partial charge in [0.25, 0.3) is 0 Å². The zero-order valence-electron chi connectivity index (χ0n) is 47.4. The second-order valence-electron chi connectivity index (χ2n) is 21.9. The number of benzene rings is 8. The summed E-state index contributed by atoms with van der Waals surface area (Å²) in [6.45, 7) is 31.7. The molecular formula is C62H84N4Si6Zn2. The van der Waals surface area contributed by atoms with Crippen molar-refractivity contribution in [1.29, 1.82) is 0 Å². The van der Waals surface area contributed by atoms with Crippen molar-refractivity contribution in [1.82, 2.24) is 0 Å². The van der Waals surface area contributed by atoms with Crippen LogP contribution in [0.15, 0.2) is 243 Å². The second-order valence-corrected chi connectivity index (χ2v) is 47.5. The largest absolute Gasteiger partial charge is 2.00 e. The summed E-state index contributed by atoms with van der Waals surface area (Å²) in [5.41, 5.74) is 2.64. The van der Waals surface area contributed by atoms with E-state index in [1.807, 2.05) is 146 Å². The molecule has 0 amide bonds. The average molecular weight is 1180 g/mol. The van der Waals surface area contributed by atoms with Gasteiger partial charge in [0.15, 0.2) is 0 Å². The van der Waals surface area contributed by atoms with Crippen LogP contribution >= 0.6 is 0 Å². The van der Waals surface area contributed by atoms with Gasteiger partial charge in [-0.25, -0.2) is 0 Å². The molecule has 4 nitrogen and oxygen atoms in total. The minimum Gasteiger partial charge on any atom is -0.668 e. The molecule has 0 radical (unpaired) electrons. The number of nitrogens with one attached hydrogen (secondary N) is 2. The van der Waals surface area contributed by atoms with Gasteiger partial charge >= 0.3 is 39.0 Å². The van der Waals surface area contributed by atoms with Crippen LogP contribution in [0.3, 0.4) is 0 Å². The third-order valence-electron chi connectivity index (χ3n) is 10.5. The monoisotopic (exact) mass is 1180 g/mol. The van der Waals surface area contributed by atoms with Crippen molar-refractivity contribution in [2.24, 2.45) is 0 Å². The van der Waals surface area contributed by atoms with E-state index < -0.39 is 49.4 Å². The zero-order valence-corrected chi connectivity index (χ0v) is 59.3. The quantitative estimate of drug-likeness (QED) is 0.0967. The van der Waals surface area contributed by atoms with E-state index in [2.05, 4.69) is 189 Å². The Morgan fingerprint density at radius 1 is 0.230 bits per heavy atom. The van der Waals surface area contributed by atoms with E-state index in [1.165, 1.54) is 11.1 Å². The Labute approximate surface area is 481 Å². The van der Waals surface area contributed by atoms with E-state index in [0.29, 0.717) is 0 Å². The second kappa shape index (κ2) is 33.3. The molecule has 8 rings (SSSR count). The van der Waals surface area contributed by atoms with Crippen molar-refractivity contribution in [3.8, 4) is 0 Å². The summed E-state index contributed by atoms with van der Waals surface area (Å²) in [6, 6.07) is 81.9. The third-order valence-corrected chi connectivity index (χ3v) is 28.4. The normalized spacial score (nSPS) is 11.1. The van der Waals surface area contributed by atoms with Crippen molar-refractivity contribution < 1.29 is 39.0 Å². The number of aryl methyl sites for hydroxylation is 2. The standard InChI is InChI=1S/2C18H16NSi.2C7H8.2C6H18NSi2.2Zn/c2*19-20(16-10-4-1-5-11-16,17-12-6-2-7-13-17)18-14-8-3-9-15-18;2*1-7-5-3-2-4-6-7;2*1-8(2,3)7-9(4,5)6;;/h2*1-15,19H;2*2-6H,1H3;2*1-6H3;;/q2*-1;;;2*-1;2*+2. The Kier molecular flexibility index (Phi) is 30.7. The zero-order chi connectivity index (χ0) is 53.3. The molecular weight excluding hydrogens is 1100 g/mol. The van der Waals surface area contributed by atoms with Crippen molar-refractivity contribution in [2.45, 2.75) is 92.4 Å². The SMILES string of the molecule is C[Si](C)(C)[N-][Si](C)(C)C.C[Si](C)(C)[N-][Si](C)(C)C.Cc1ccccc1.Cc1ccccc1.[NH-][Si](c1ccccc1)(c1ccccc1)c1ccccc1.[NH-][Si](c1ccccc1)(c1ccccc1)c1ccccc1.[Zn+2].[Zn+2]. The van der Waals surface area contributed by atoms with Crippen LogP contribution in [-0.4, -0.2) is 49.4 Å². The molecule has 74 heavy (non-hydrogen) atoms. The van der Waals surface area contributed by atoms with E-state index >= 15 is 0 Å². The first-order valence-electron chi connectivity index (χ1n) is 25.2. The van der Waals surface area contributed by atoms with Gasteiger partial charge in [-0.15, -0.1) is 0 Å². The van der Waals surface area contributed by atoms with Crippen LogP contribution in [0, 0.1) is 13.8 Å². The first kappa shape index (κ1) is 68.2. The van der Waals surface area contributed by atoms with Crippen LogP contribution in [-0.2, 0) is 39.0 Å². The summed E-state index contributed by atoms with van der Waals surface area (Å²) in [4.78, 5) is 0. The number of hydrogen-bond acceptors (Lipinski definition) is 0. The molecule has 0 unspecified atom stereocenters. The smallest absolute Gasteiger partial charge is 0.668 e. The van der Waals surface area contributed by atoms with Crippen molar-refractivity contribution in [3.63, 3.8) is 0 Å². The molecule has 0 aromatic heterocycles. The van der Waals surface area contributed by atoms with Crippen LogP contribution in [0.5, 0.6) is 0 Å². The summed E-state index contributed by atoms with van der Waals surface area (Å²) >= 11 is 0. The predicted molar refractivity (Wildman–Crippen MR) is 339 cm³/mol. The van der Waals surface area contributed by atoms with Gasteiger partial charge in [-0.3, -0.25) is 0 Å². The molecule has 0 saturated carbocycles. The molecule has 2 N–H and O–H groups in total. The number of nitrogens with zero attached hydrogens (tertiary/aromatic N) is 2. The van der Waals surface area contributed by atoms with E-state index in [9.17, 15) is 10.8 Å². The molecule has 0 bridgehead atoms. The molecule has 0 spiro atoms. The van der Waals surface area contributed by atoms with Crippen molar-refractivity contribution in [2.75, 3.05) is 0 Å². The van der Waals surface area contributed by atoms with E-state index in [0.717, 1.165) is 31.1 Å². The third kappa shape index (κ3) is 26.3. The van der Waals surface area contributed by atoms with E-state index in [1.54, 1.807) is 0 Å². The first-order valence-corrected chi connectivity index (χ1v) is 43.0. The molecule has 0 aliphatic heterocycles. The fourth-order valence-electron chi connectivity index (χ4n) is 8.21. The molecule has 0 fully saturated rings. The van der Waals surface area contributed by atoms with Crippen LogP contribution in [0.4, 0.5) is 0 Å². The first-order chi connectivity index (χ1) is 33.8. The summed E-state index contributed by atoms with van der Waals surface area (Å²) in [6.07, 6.45) is 0. The number of rotatable bonds is 10. The Morgan fingerprint density at radius 2 is 0.351 bits per heavy atom. The maximum absolute atomic E-state index is 9.28. The van der Waals surface area contributed by atoms with Gasteiger partial charge in [0.1, 0.15) is 0 Å².